The molecule has 1 aromatic heterocycles. The van der Waals surface area contributed by atoms with Crippen molar-refractivity contribution >= 4 is 5.91 Å². The van der Waals surface area contributed by atoms with Crippen molar-refractivity contribution in [1.29, 1.82) is 0 Å². The normalized spacial score (nSPS) is 10.4. The lowest BCUT2D eigenvalue weighted by molar-refractivity contribution is 0.0994. The lowest BCUT2D eigenvalue weighted by atomic mass is 10.1. The number of primary amides is 1. The Bertz CT molecular complexity index is 736. The first kappa shape index (κ1) is 14.8. The Hall–Kier alpha value is -2.63. The molecule has 21 heavy (non-hydrogen) atoms. The van der Waals surface area contributed by atoms with Gasteiger partial charge in [-0.1, -0.05) is 0 Å². The highest BCUT2D eigenvalue weighted by Crippen LogP contribution is 2.21. The minimum atomic E-state index is -0.858. The van der Waals surface area contributed by atoms with E-state index in [0.29, 0.717) is 17.9 Å². The molecule has 2 N–H and O–H groups in total. The Morgan fingerprint density at radius 1 is 1.33 bits per heavy atom. The largest absolute Gasteiger partial charge is 0.492 e. The zero-order valence-electron chi connectivity index (χ0n) is 11.7. The van der Waals surface area contributed by atoms with Gasteiger partial charge in [-0.2, -0.15) is 0 Å². The van der Waals surface area contributed by atoms with E-state index in [-0.39, 0.29) is 11.3 Å². The zero-order valence-corrected chi connectivity index (χ0v) is 11.7. The fraction of sp³-hybridized carbons (Fsp3) is 0.200. The number of ether oxygens (including phenoxy) is 1. The maximum Gasteiger partial charge on any atom is 0.271 e. The number of halogens is 1. The molecule has 0 aliphatic carbocycles. The first-order valence-electron chi connectivity index (χ1n) is 6.40. The first-order chi connectivity index (χ1) is 9.95. The highest BCUT2D eigenvalue weighted by molar-refractivity contribution is 5.95. The summed E-state index contributed by atoms with van der Waals surface area (Å²) in [7, 11) is 0. The van der Waals surface area contributed by atoms with Gasteiger partial charge in [-0.25, -0.2) is 4.39 Å². The summed E-state index contributed by atoms with van der Waals surface area (Å²) in [5, 5.41) is 0. The van der Waals surface area contributed by atoms with Gasteiger partial charge in [0.05, 0.1) is 6.61 Å². The molecule has 0 bridgehead atoms. The molecule has 5 nitrogen and oxygen atoms in total. The molecule has 0 aliphatic rings. The summed E-state index contributed by atoms with van der Waals surface area (Å²) in [5.74, 6) is -1.08. The summed E-state index contributed by atoms with van der Waals surface area (Å²) >= 11 is 0. The van der Waals surface area contributed by atoms with E-state index in [1.54, 1.807) is 13.8 Å². The standard InChI is InChI=1S/C15H15FN2O3/c1-3-21-13-9(2)8-18(15(20)12(13)14(17)19)11-6-4-10(16)5-7-11/h4-8H,3H2,1-2H3,(H2,17,19). The van der Waals surface area contributed by atoms with Gasteiger partial charge in [0.25, 0.3) is 11.5 Å². The molecule has 0 aliphatic heterocycles. The predicted molar refractivity (Wildman–Crippen MR) is 76.4 cm³/mol. The molecule has 110 valence electrons. The molecular formula is C15H15FN2O3. The summed E-state index contributed by atoms with van der Waals surface area (Å²) in [6.07, 6.45) is 1.53. The van der Waals surface area contributed by atoms with E-state index >= 15 is 0 Å². The summed E-state index contributed by atoms with van der Waals surface area (Å²) in [5.41, 5.74) is 5.52. The van der Waals surface area contributed by atoms with Gasteiger partial charge >= 0.3 is 0 Å². The molecule has 0 unspecified atom stereocenters. The Labute approximate surface area is 120 Å². The number of nitrogens with two attached hydrogens (primary N) is 1. The number of aryl methyl sites for hydroxylation is 1. The van der Waals surface area contributed by atoms with Crippen LogP contribution in [0.4, 0.5) is 4.39 Å². The van der Waals surface area contributed by atoms with Crippen molar-refractivity contribution in [2.45, 2.75) is 13.8 Å². The van der Waals surface area contributed by atoms with Crippen molar-refractivity contribution in [2.75, 3.05) is 6.61 Å². The van der Waals surface area contributed by atoms with Crippen LogP contribution in [-0.4, -0.2) is 17.1 Å². The maximum atomic E-state index is 13.0. The zero-order chi connectivity index (χ0) is 15.6. The van der Waals surface area contributed by atoms with Gasteiger partial charge in [0.15, 0.2) is 0 Å². The molecule has 6 heteroatoms. The number of carbonyl (C=O) groups excluding carboxylic acids is 1. The minimum absolute atomic E-state index is 0.188. The number of carbonyl (C=O) groups is 1. The SMILES string of the molecule is CCOc1c(C)cn(-c2ccc(F)cc2)c(=O)c1C(N)=O. The van der Waals surface area contributed by atoms with Gasteiger partial charge in [-0.15, -0.1) is 0 Å². The van der Waals surface area contributed by atoms with Crippen LogP contribution < -0.4 is 16.0 Å². The highest BCUT2D eigenvalue weighted by atomic mass is 19.1. The summed E-state index contributed by atoms with van der Waals surface area (Å²) in [4.78, 5) is 24.0. The molecule has 1 heterocycles. The maximum absolute atomic E-state index is 13.0. The fourth-order valence-corrected chi connectivity index (χ4v) is 2.07. The molecule has 0 spiro atoms. The van der Waals surface area contributed by atoms with Crippen molar-refractivity contribution in [3.63, 3.8) is 0 Å². The molecule has 2 rings (SSSR count). The van der Waals surface area contributed by atoms with Crippen LogP contribution in [0.15, 0.2) is 35.3 Å². The van der Waals surface area contributed by atoms with Gasteiger partial charge < -0.3 is 10.5 Å². The van der Waals surface area contributed by atoms with E-state index in [0.717, 1.165) is 0 Å². The van der Waals surface area contributed by atoms with Crippen LogP contribution in [0.5, 0.6) is 5.75 Å². The molecule has 0 radical (unpaired) electrons. The molecule has 0 saturated carbocycles. The Balaban J connectivity index is 2.72. The molecule has 2 aromatic rings. The number of pyridine rings is 1. The number of nitrogens with zero attached hydrogens (tertiary/aromatic N) is 1. The second-order valence-corrected chi connectivity index (χ2v) is 4.47. The predicted octanol–water partition coefficient (Wildman–Crippen LogP) is 1.78. The summed E-state index contributed by atoms with van der Waals surface area (Å²) in [6.45, 7) is 3.76. The van der Waals surface area contributed by atoms with E-state index in [2.05, 4.69) is 0 Å². The summed E-state index contributed by atoms with van der Waals surface area (Å²) < 4.78 is 19.6. The van der Waals surface area contributed by atoms with E-state index in [1.165, 1.54) is 35.0 Å². The molecule has 0 saturated heterocycles. The van der Waals surface area contributed by atoms with Crippen molar-refractivity contribution < 1.29 is 13.9 Å². The number of rotatable bonds is 4. The molecule has 0 atom stereocenters. The minimum Gasteiger partial charge on any atom is -0.492 e. The number of benzene rings is 1. The average molecular weight is 290 g/mol. The lowest BCUT2D eigenvalue weighted by Gasteiger charge is -2.14. The smallest absolute Gasteiger partial charge is 0.271 e. The topological polar surface area (TPSA) is 74.3 Å². The van der Waals surface area contributed by atoms with Gasteiger partial charge in [0.1, 0.15) is 17.1 Å². The van der Waals surface area contributed by atoms with Crippen molar-refractivity contribution in [3.8, 4) is 11.4 Å². The number of amides is 1. The third-order valence-corrected chi connectivity index (χ3v) is 2.98. The van der Waals surface area contributed by atoms with E-state index in [1.807, 2.05) is 0 Å². The lowest BCUT2D eigenvalue weighted by Crippen LogP contribution is -2.30. The first-order valence-corrected chi connectivity index (χ1v) is 6.40. The van der Waals surface area contributed by atoms with Crippen LogP contribution in [0.2, 0.25) is 0 Å². The van der Waals surface area contributed by atoms with Crippen LogP contribution in [0, 0.1) is 12.7 Å². The van der Waals surface area contributed by atoms with Crippen molar-refractivity contribution in [2.24, 2.45) is 5.73 Å². The van der Waals surface area contributed by atoms with Gasteiger partial charge in [-0.3, -0.25) is 14.2 Å². The summed E-state index contributed by atoms with van der Waals surface area (Å²) in [6, 6.07) is 5.36. The molecule has 1 amide bonds. The van der Waals surface area contributed by atoms with Gasteiger partial charge in [-0.05, 0) is 38.1 Å². The van der Waals surface area contributed by atoms with Crippen molar-refractivity contribution in [1.82, 2.24) is 4.57 Å². The van der Waals surface area contributed by atoms with E-state index < -0.39 is 17.3 Å². The van der Waals surface area contributed by atoms with E-state index in [4.69, 9.17) is 10.5 Å². The second-order valence-electron chi connectivity index (χ2n) is 4.47. The third kappa shape index (κ3) is 2.79. The van der Waals surface area contributed by atoms with Crippen LogP contribution in [0.25, 0.3) is 5.69 Å². The Morgan fingerprint density at radius 2 is 1.95 bits per heavy atom. The average Bonchev–Trinajstić information content (AvgIpc) is 2.43. The Kier molecular flexibility index (Phi) is 4.07. The number of hydrogen-bond acceptors (Lipinski definition) is 3. The fourth-order valence-electron chi connectivity index (χ4n) is 2.07. The third-order valence-electron chi connectivity index (χ3n) is 2.98. The quantitative estimate of drug-likeness (QED) is 0.932. The van der Waals surface area contributed by atoms with Gasteiger partial charge in [0, 0.05) is 17.4 Å². The van der Waals surface area contributed by atoms with Crippen LogP contribution in [0.1, 0.15) is 22.8 Å². The monoisotopic (exact) mass is 290 g/mol. The Morgan fingerprint density at radius 3 is 2.48 bits per heavy atom. The molecule has 1 aromatic carbocycles. The van der Waals surface area contributed by atoms with Crippen LogP contribution in [-0.2, 0) is 0 Å². The highest BCUT2D eigenvalue weighted by Gasteiger charge is 2.20. The van der Waals surface area contributed by atoms with Crippen molar-refractivity contribution in [3.05, 3.63) is 57.8 Å². The molecule has 0 fully saturated rings. The van der Waals surface area contributed by atoms with Gasteiger partial charge in [0.2, 0.25) is 0 Å². The second kappa shape index (κ2) is 5.78. The van der Waals surface area contributed by atoms with Crippen LogP contribution >= 0.6 is 0 Å². The number of aromatic nitrogens is 1. The number of hydrogen-bond donors (Lipinski definition) is 1. The van der Waals surface area contributed by atoms with E-state index in [9.17, 15) is 14.0 Å². The van der Waals surface area contributed by atoms with Crippen LogP contribution in [0.3, 0.4) is 0 Å². The molecular weight excluding hydrogens is 275 g/mol.